The minimum absolute atomic E-state index is 0.121. The van der Waals surface area contributed by atoms with E-state index >= 15 is 0 Å². The van der Waals surface area contributed by atoms with Crippen molar-refractivity contribution in [2.45, 2.75) is 32.7 Å². The third-order valence-corrected chi connectivity index (χ3v) is 2.54. The molecule has 0 aliphatic carbocycles. The van der Waals surface area contributed by atoms with Gasteiger partial charge in [0.2, 0.25) is 0 Å². The van der Waals surface area contributed by atoms with Gasteiger partial charge in [0.05, 0.1) is 17.4 Å². The molecule has 1 heterocycles. The maximum atomic E-state index is 11.9. The lowest BCUT2D eigenvalue weighted by Crippen LogP contribution is -2.34. The molecule has 4 N–H and O–H groups in total. The zero-order chi connectivity index (χ0) is 12.0. The van der Waals surface area contributed by atoms with E-state index < -0.39 is 0 Å². The van der Waals surface area contributed by atoms with E-state index in [9.17, 15) is 4.79 Å². The van der Waals surface area contributed by atoms with Crippen LogP contribution in [0.2, 0.25) is 0 Å². The van der Waals surface area contributed by atoms with Crippen LogP contribution in [-0.2, 0) is 0 Å². The number of nitrogens with one attached hydrogen (secondary N) is 2. The molecular weight excluding hydrogens is 204 g/mol. The fourth-order valence-corrected chi connectivity index (χ4v) is 1.46. The van der Waals surface area contributed by atoms with E-state index in [1.807, 2.05) is 13.8 Å². The maximum absolute atomic E-state index is 11.9. The fourth-order valence-electron chi connectivity index (χ4n) is 1.46. The number of pyridine rings is 1. The fraction of sp³-hybridized carbons (Fsp3) is 0.455. The second-order valence-corrected chi connectivity index (χ2v) is 3.55. The standard InChI is InChI=1S/C11H18N4O/c1-3-8(4-2)14-11(16)9-5-6-13-7-10(9)15-12/h5-8,15H,3-4,12H2,1-2H3,(H,14,16). The molecule has 0 bridgehead atoms. The van der Waals surface area contributed by atoms with Crippen LogP contribution < -0.4 is 16.6 Å². The first-order chi connectivity index (χ1) is 7.72. The molecule has 16 heavy (non-hydrogen) atoms. The average molecular weight is 222 g/mol. The number of aromatic nitrogens is 1. The van der Waals surface area contributed by atoms with E-state index in [-0.39, 0.29) is 11.9 Å². The summed E-state index contributed by atoms with van der Waals surface area (Å²) in [7, 11) is 0. The molecule has 0 aromatic carbocycles. The molecule has 0 aliphatic heterocycles. The van der Waals surface area contributed by atoms with Crippen molar-refractivity contribution in [3.63, 3.8) is 0 Å². The number of rotatable bonds is 5. The molecule has 0 spiro atoms. The molecule has 1 amide bonds. The largest absolute Gasteiger partial charge is 0.349 e. The number of carbonyl (C=O) groups is 1. The van der Waals surface area contributed by atoms with Crippen LogP contribution in [0.3, 0.4) is 0 Å². The number of carbonyl (C=O) groups excluding carboxylic acids is 1. The van der Waals surface area contributed by atoms with Crippen LogP contribution in [0.1, 0.15) is 37.0 Å². The van der Waals surface area contributed by atoms with Crippen LogP contribution in [0.25, 0.3) is 0 Å². The molecule has 1 aromatic heterocycles. The number of nitrogens with zero attached hydrogens (tertiary/aromatic N) is 1. The Labute approximate surface area is 95.4 Å². The second-order valence-electron chi connectivity index (χ2n) is 3.55. The quantitative estimate of drug-likeness (QED) is 0.518. The predicted molar refractivity (Wildman–Crippen MR) is 63.9 cm³/mol. The van der Waals surface area contributed by atoms with E-state index in [4.69, 9.17) is 5.84 Å². The molecule has 5 nitrogen and oxygen atoms in total. The highest BCUT2D eigenvalue weighted by atomic mass is 16.1. The number of nitrogens with two attached hydrogens (primary N) is 1. The van der Waals surface area contributed by atoms with Gasteiger partial charge in [-0.2, -0.15) is 0 Å². The number of hydrogen-bond donors (Lipinski definition) is 3. The molecule has 1 rings (SSSR count). The summed E-state index contributed by atoms with van der Waals surface area (Å²) in [5.74, 6) is 5.19. The van der Waals surface area contributed by atoms with Crippen molar-refractivity contribution in [3.05, 3.63) is 24.0 Å². The van der Waals surface area contributed by atoms with Crippen LogP contribution in [0, 0.1) is 0 Å². The van der Waals surface area contributed by atoms with Crippen LogP contribution >= 0.6 is 0 Å². The van der Waals surface area contributed by atoms with E-state index in [0.717, 1.165) is 12.8 Å². The van der Waals surface area contributed by atoms with Crippen molar-refractivity contribution < 1.29 is 4.79 Å². The third-order valence-electron chi connectivity index (χ3n) is 2.54. The zero-order valence-corrected chi connectivity index (χ0v) is 9.66. The second kappa shape index (κ2) is 6.07. The Morgan fingerprint density at radius 2 is 2.19 bits per heavy atom. The van der Waals surface area contributed by atoms with Crippen LogP contribution in [0.15, 0.2) is 18.5 Å². The van der Waals surface area contributed by atoms with Gasteiger partial charge in [-0.1, -0.05) is 13.8 Å². The highest BCUT2D eigenvalue weighted by molar-refractivity contribution is 5.99. The summed E-state index contributed by atoms with van der Waals surface area (Å²) >= 11 is 0. The number of nitrogen functional groups attached to an aromatic ring is 1. The first-order valence-corrected chi connectivity index (χ1v) is 5.44. The van der Waals surface area contributed by atoms with Crippen molar-refractivity contribution in [2.24, 2.45) is 5.84 Å². The van der Waals surface area contributed by atoms with E-state index in [2.05, 4.69) is 15.7 Å². The topological polar surface area (TPSA) is 80.0 Å². The minimum atomic E-state index is -0.121. The molecule has 0 radical (unpaired) electrons. The highest BCUT2D eigenvalue weighted by Gasteiger charge is 2.13. The number of hydrogen-bond acceptors (Lipinski definition) is 4. The van der Waals surface area contributed by atoms with Crippen molar-refractivity contribution in [1.82, 2.24) is 10.3 Å². The minimum Gasteiger partial charge on any atom is -0.349 e. The number of amides is 1. The van der Waals surface area contributed by atoms with Crippen molar-refractivity contribution in [2.75, 3.05) is 5.43 Å². The number of hydrazine groups is 1. The smallest absolute Gasteiger partial charge is 0.253 e. The Hall–Kier alpha value is -1.62. The average Bonchev–Trinajstić information content (AvgIpc) is 2.35. The molecule has 0 saturated heterocycles. The van der Waals surface area contributed by atoms with Crippen LogP contribution in [-0.4, -0.2) is 16.9 Å². The molecule has 0 unspecified atom stereocenters. The summed E-state index contributed by atoms with van der Waals surface area (Å²) in [6, 6.07) is 1.85. The SMILES string of the molecule is CCC(CC)NC(=O)c1ccncc1NN. The lowest BCUT2D eigenvalue weighted by atomic mass is 10.1. The van der Waals surface area contributed by atoms with E-state index in [1.165, 1.54) is 6.20 Å². The first kappa shape index (κ1) is 12.4. The molecule has 0 fully saturated rings. The summed E-state index contributed by atoms with van der Waals surface area (Å²) in [6.07, 6.45) is 4.93. The first-order valence-electron chi connectivity index (χ1n) is 5.44. The molecule has 0 saturated carbocycles. The summed E-state index contributed by atoms with van der Waals surface area (Å²) in [6.45, 7) is 4.09. The van der Waals surface area contributed by atoms with Gasteiger partial charge in [0, 0.05) is 12.2 Å². The maximum Gasteiger partial charge on any atom is 0.253 e. The van der Waals surface area contributed by atoms with Crippen molar-refractivity contribution >= 4 is 11.6 Å². The van der Waals surface area contributed by atoms with Gasteiger partial charge in [-0.15, -0.1) is 0 Å². The Morgan fingerprint density at radius 3 is 2.75 bits per heavy atom. The molecule has 0 aliphatic rings. The van der Waals surface area contributed by atoms with Gasteiger partial charge in [0.15, 0.2) is 0 Å². The normalized spacial score (nSPS) is 10.2. The van der Waals surface area contributed by atoms with Crippen LogP contribution in [0.4, 0.5) is 5.69 Å². The molecular formula is C11H18N4O. The monoisotopic (exact) mass is 222 g/mol. The third kappa shape index (κ3) is 2.93. The summed E-state index contributed by atoms with van der Waals surface area (Å²) in [5.41, 5.74) is 3.51. The summed E-state index contributed by atoms with van der Waals surface area (Å²) in [5, 5.41) is 2.95. The molecule has 1 aromatic rings. The molecule has 0 atom stereocenters. The zero-order valence-electron chi connectivity index (χ0n) is 9.66. The van der Waals surface area contributed by atoms with Gasteiger partial charge in [0.1, 0.15) is 0 Å². The van der Waals surface area contributed by atoms with Gasteiger partial charge < -0.3 is 10.7 Å². The van der Waals surface area contributed by atoms with Crippen molar-refractivity contribution in [1.29, 1.82) is 0 Å². The predicted octanol–water partition coefficient (Wildman–Crippen LogP) is 1.29. The highest BCUT2D eigenvalue weighted by Crippen LogP contribution is 2.12. The van der Waals surface area contributed by atoms with E-state index in [0.29, 0.717) is 11.3 Å². The molecule has 5 heteroatoms. The summed E-state index contributed by atoms with van der Waals surface area (Å²) in [4.78, 5) is 15.8. The van der Waals surface area contributed by atoms with Gasteiger partial charge >= 0.3 is 0 Å². The Kier molecular flexibility index (Phi) is 4.72. The van der Waals surface area contributed by atoms with Gasteiger partial charge in [-0.05, 0) is 18.9 Å². The van der Waals surface area contributed by atoms with Gasteiger partial charge in [0.25, 0.3) is 5.91 Å². The van der Waals surface area contributed by atoms with Gasteiger partial charge in [-0.3, -0.25) is 15.6 Å². The lowest BCUT2D eigenvalue weighted by molar-refractivity contribution is 0.0935. The van der Waals surface area contributed by atoms with E-state index in [1.54, 1.807) is 12.3 Å². The lowest BCUT2D eigenvalue weighted by Gasteiger charge is -2.15. The Morgan fingerprint density at radius 1 is 1.50 bits per heavy atom. The molecule has 88 valence electrons. The number of anilines is 1. The Balaban J connectivity index is 2.79. The van der Waals surface area contributed by atoms with Gasteiger partial charge in [-0.25, -0.2) is 0 Å². The van der Waals surface area contributed by atoms with Crippen molar-refractivity contribution in [3.8, 4) is 0 Å². The summed E-state index contributed by atoms with van der Waals surface area (Å²) < 4.78 is 0. The van der Waals surface area contributed by atoms with Crippen LogP contribution in [0.5, 0.6) is 0 Å². The Bertz CT molecular complexity index is 350.